The fourth-order valence-corrected chi connectivity index (χ4v) is 2.24. The minimum atomic E-state index is -1.40. The van der Waals surface area contributed by atoms with Gasteiger partial charge in [-0.25, -0.2) is 0 Å². The van der Waals surface area contributed by atoms with Crippen LogP contribution in [-0.2, 0) is 5.60 Å². The summed E-state index contributed by atoms with van der Waals surface area (Å²) < 4.78 is 1.89. The van der Waals surface area contributed by atoms with Gasteiger partial charge < -0.3 is 5.11 Å². The number of aliphatic hydroxyl groups is 1. The molecule has 2 rings (SSSR count). The van der Waals surface area contributed by atoms with Crippen LogP contribution in [-0.4, -0.2) is 5.11 Å². The summed E-state index contributed by atoms with van der Waals surface area (Å²) >= 11 is 6.72. The average molecular weight is 366 g/mol. The second kappa shape index (κ2) is 5.27. The number of hydrogen-bond acceptors (Lipinski definition) is 1. The van der Waals surface area contributed by atoms with Gasteiger partial charge in [0.15, 0.2) is 5.60 Å². The van der Waals surface area contributed by atoms with E-state index in [1.54, 1.807) is 0 Å². The number of hydrogen-bond donors (Lipinski definition) is 1. The van der Waals surface area contributed by atoms with Crippen molar-refractivity contribution in [2.75, 3.05) is 0 Å². The van der Waals surface area contributed by atoms with Crippen molar-refractivity contribution in [3.8, 4) is 12.3 Å². The Balaban J connectivity index is 2.52. The Kier molecular flexibility index (Phi) is 3.91. The Morgan fingerprint density at radius 1 is 0.833 bits per heavy atom. The van der Waals surface area contributed by atoms with Gasteiger partial charge in [0, 0.05) is 20.1 Å². The minimum absolute atomic E-state index is 0.676. The number of halogens is 2. The molecule has 0 aliphatic rings. The molecule has 0 amide bonds. The van der Waals surface area contributed by atoms with Gasteiger partial charge in [0.1, 0.15) is 0 Å². The summed E-state index contributed by atoms with van der Waals surface area (Å²) in [5.74, 6) is 2.47. The Morgan fingerprint density at radius 2 is 1.17 bits per heavy atom. The van der Waals surface area contributed by atoms with Gasteiger partial charge in [-0.2, -0.15) is 0 Å². The Hall–Kier alpha value is -1.08. The predicted octanol–water partition coefficient (Wildman–Crippen LogP) is 4.08. The first-order chi connectivity index (χ1) is 8.56. The second-order valence-electron chi connectivity index (χ2n) is 3.87. The third-order valence-corrected chi connectivity index (χ3v) is 3.79. The molecule has 0 aliphatic heterocycles. The lowest BCUT2D eigenvalue weighted by Gasteiger charge is -2.23. The molecule has 2 aromatic rings. The summed E-state index contributed by atoms with van der Waals surface area (Å²) in [6.45, 7) is 0. The number of terminal acetylenes is 1. The molecule has 2 aromatic carbocycles. The second-order valence-corrected chi connectivity index (χ2v) is 5.70. The zero-order valence-electron chi connectivity index (χ0n) is 9.40. The van der Waals surface area contributed by atoms with Crippen LogP contribution in [0.1, 0.15) is 11.1 Å². The van der Waals surface area contributed by atoms with E-state index < -0.39 is 5.60 Å². The highest BCUT2D eigenvalue weighted by atomic mass is 79.9. The summed E-state index contributed by atoms with van der Waals surface area (Å²) in [6, 6.07) is 14.7. The normalized spacial score (nSPS) is 11.0. The smallest absolute Gasteiger partial charge is 0.176 e. The average Bonchev–Trinajstić information content (AvgIpc) is 2.39. The van der Waals surface area contributed by atoms with Crippen molar-refractivity contribution < 1.29 is 5.11 Å². The third kappa shape index (κ3) is 2.51. The minimum Gasteiger partial charge on any atom is -0.369 e. The van der Waals surface area contributed by atoms with Gasteiger partial charge in [-0.1, -0.05) is 62.0 Å². The van der Waals surface area contributed by atoms with E-state index >= 15 is 0 Å². The first-order valence-corrected chi connectivity index (χ1v) is 6.87. The summed E-state index contributed by atoms with van der Waals surface area (Å²) in [7, 11) is 0. The van der Waals surface area contributed by atoms with E-state index in [9.17, 15) is 5.11 Å². The lowest BCUT2D eigenvalue weighted by molar-refractivity contribution is 0.145. The topological polar surface area (TPSA) is 20.2 Å². The van der Waals surface area contributed by atoms with Gasteiger partial charge >= 0.3 is 0 Å². The molecule has 0 aromatic heterocycles. The van der Waals surface area contributed by atoms with E-state index in [4.69, 9.17) is 6.42 Å². The highest BCUT2D eigenvalue weighted by molar-refractivity contribution is 9.10. The van der Waals surface area contributed by atoms with Crippen molar-refractivity contribution in [2.24, 2.45) is 0 Å². The highest BCUT2D eigenvalue weighted by Gasteiger charge is 2.28. The molecular formula is C15H10Br2O. The van der Waals surface area contributed by atoms with Crippen LogP contribution in [0.3, 0.4) is 0 Å². The van der Waals surface area contributed by atoms with Gasteiger partial charge in [0.25, 0.3) is 0 Å². The monoisotopic (exact) mass is 364 g/mol. The molecule has 3 heteroatoms. The summed E-state index contributed by atoms with van der Waals surface area (Å²) in [5, 5.41) is 10.7. The SMILES string of the molecule is C#CC(O)(c1ccc(Br)cc1)c1ccc(Br)cc1. The van der Waals surface area contributed by atoms with Crippen LogP contribution in [0.4, 0.5) is 0 Å². The van der Waals surface area contributed by atoms with Crippen molar-refractivity contribution in [1.82, 2.24) is 0 Å². The zero-order valence-corrected chi connectivity index (χ0v) is 12.6. The molecule has 0 bridgehead atoms. The van der Waals surface area contributed by atoms with Gasteiger partial charge in [0.2, 0.25) is 0 Å². The molecule has 0 radical (unpaired) electrons. The zero-order chi connectivity index (χ0) is 13.2. The van der Waals surface area contributed by atoms with Crippen molar-refractivity contribution in [1.29, 1.82) is 0 Å². The van der Waals surface area contributed by atoms with Crippen molar-refractivity contribution in [3.63, 3.8) is 0 Å². The van der Waals surface area contributed by atoms with Crippen molar-refractivity contribution in [2.45, 2.75) is 5.60 Å². The molecule has 0 unspecified atom stereocenters. The Bertz CT molecular complexity index is 534. The maximum atomic E-state index is 10.7. The van der Waals surface area contributed by atoms with Gasteiger partial charge in [-0.15, -0.1) is 6.42 Å². The summed E-state index contributed by atoms with van der Waals surface area (Å²) in [5.41, 5.74) is -0.0486. The Morgan fingerprint density at radius 3 is 1.44 bits per heavy atom. The van der Waals surface area contributed by atoms with E-state index in [-0.39, 0.29) is 0 Å². The maximum absolute atomic E-state index is 10.7. The summed E-state index contributed by atoms with van der Waals surface area (Å²) in [4.78, 5) is 0. The highest BCUT2D eigenvalue weighted by Crippen LogP contribution is 2.30. The lowest BCUT2D eigenvalue weighted by Crippen LogP contribution is -2.24. The number of benzene rings is 2. The molecule has 1 N–H and O–H groups in total. The molecule has 18 heavy (non-hydrogen) atoms. The first kappa shape index (κ1) is 13.4. The lowest BCUT2D eigenvalue weighted by atomic mass is 9.87. The van der Waals surface area contributed by atoms with Gasteiger partial charge in [-0.3, -0.25) is 0 Å². The number of rotatable bonds is 2. The van der Waals surface area contributed by atoms with Crippen LogP contribution < -0.4 is 0 Å². The van der Waals surface area contributed by atoms with Gasteiger partial charge in [-0.05, 0) is 24.3 Å². The van der Waals surface area contributed by atoms with Crippen LogP contribution in [0.2, 0.25) is 0 Å². The molecule has 0 atom stereocenters. The van der Waals surface area contributed by atoms with E-state index in [2.05, 4.69) is 37.8 Å². The maximum Gasteiger partial charge on any atom is 0.176 e. The fourth-order valence-electron chi connectivity index (χ4n) is 1.72. The van der Waals surface area contributed by atoms with Crippen LogP contribution >= 0.6 is 31.9 Å². The molecule has 0 spiro atoms. The van der Waals surface area contributed by atoms with E-state index in [0.29, 0.717) is 11.1 Å². The molecule has 0 fully saturated rings. The van der Waals surface area contributed by atoms with Crippen molar-refractivity contribution in [3.05, 3.63) is 68.6 Å². The molecule has 90 valence electrons. The van der Waals surface area contributed by atoms with Crippen LogP contribution in [0.25, 0.3) is 0 Å². The molecule has 1 nitrogen and oxygen atoms in total. The molecule has 0 saturated heterocycles. The van der Waals surface area contributed by atoms with Crippen LogP contribution in [0, 0.1) is 12.3 Å². The molecule has 0 heterocycles. The van der Waals surface area contributed by atoms with E-state index in [1.165, 1.54) is 0 Å². The molecular weight excluding hydrogens is 356 g/mol. The van der Waals surface area contributed by atoms with Crippen LogP contribution in [0.5, 0.6) is 0 Å². The van der Waals surface area contributed by atoms with Crippen LogP contribution in [0.15, 0.2) is 57.5 Å². The Labute approximate surface area is 123 Å². The van der Waals surface area contributed by atoms with E-state index in [0.717, 1.165) is 8.95 Å². The quantitative estimate of drug-likeness (QED) is 0.795. The largest absolute Gasteiger partial charge is 0.369 e. The fraction of sp³-hybridized carbons (Fsp3) is 0.0667. The molecule has 0 aliphatic carbocycles. The van der Waals surface area contributed by atoms with Crippen molar-refractivity contribution >= 4 is 31.9 Å². The molecule has 0 saturated carbocycles. The van der Waals surface area contributed by atoms with E-state index in [1.807, 2.05) is 48.5 Å². The predicted molar refractivity (Wildman–Crippen MR) is 80.1 cm³/mol. The summed E-state index contributed by atoms with van der Waals surface area (Å²) in [6.07, 6.45) is 5.52. The first-order valence-electron chi connectivity index (χ1n) is 5.28. The van der Waals surface area contributed by atoms with Gasteiger partial charge in [0.05, 0.1) is 0 Å². The standard InChI is InChI=1S/C15H10Br2O/c1-2-15(18,11-3-7-13(16)8-4-11)12-5-9-14(17)10-6-12/h1,3-10,18H. The third-order valence-electron chi connectivity index (χ3n) is 2.73.